The highest BCUT2D eigenvalue weighted by molar-refractivity contribution is 5.67. The van der Waals surface area contributed by atoms with Crippen molar-refractivity contribution in [3.63, 3.8) is 0 Å². The van der Waals surface area contributed by atoms with E-state index < -0.39 is 28.8 Å². The largest absolute Gasteiger partial charge is 0.497 e. The van der Waals surface area contributed by atoms with Gasteiger partial charge in [0.25, 0.3) is 5.69 Å². The summed E-state index contributed by atoms with van der Waals surface area (Å²) in [6, 6.07) is 39.9. The first-order valence-electron chi connectivity index (χ1n) is 15.1. The summed E-state index contributed by atoms with van der Waals surface area (Å²) in [5, 5.41) is 23.4. The quantitative estimate of drug-likeness (QED) is 0.0932. The molecule has 5 aromatic carbocycles. The van der Waals surface area contributed by atoms with Crippen LogP contribution in [0.1, 0.15) is 34.8 Å². The zero-order chi connectivity index (χ0) is 32.1. The van der Waals surface area contributed by atoms with Crippen LogP contribution in [0.2, 0.25) is 0 Å². The molecule has 0 radical (unpaired) electrons. The smallest absolute Gasteiger partial charge is 0.275 e. The summed E-state index contributed by atoms with van der Waals surface area (Å²) >= 11 is 0. The van der Waals surface area contributed by atoms with Crippen molar-refractivity contribution in [1.82, 2.24) is 0 Å². The highest BCUT2D eigenvalue weighted by Crippen LogP contribution is 2.44. The van der Waals surface area contributed by atoms with E-state index in [1.54, 1.807) is 26.4 Å². The lowest BCUT2D eigenvalue weighted by Gasteiger charge is -2.37. The van der Waals surface area contributed by atoms with Gasteiger partial charge in [-0.05, 0) is 58.1 Å². The Labute approximate surface area is 267 Å². The molecule has 234 valence electrons. The molecule has 3 atom stereocenters. The van der Waals surface area contributed by atoms with Crippen LogP contribution in [0, 0.1) is 10.1 Å². The average molecular weight is 618 g/mol. The maximum atomic E-state index is 12.2. The summed E-state index contributed by atoms with van der Waals surface area (Å²) in [6.07, 6.45) is -2.12. The van der Waals surface area contributed by atoms with E-state index in [9.17, 15) is 15.2 Å². The molecule has 46 heavy (non-hydrogen) atoms. The minimum absolute atomic E-state index is 0.0144. The zero-order valence-corrected chi connectivity index (χ0v) is 25.6. The fraction of sp³-hybridized carbons (Fsp3) is 0.211. The molecule has 0 saturated carbocycles. The van der Waals surface area contributed by atoms with Crippen LogP contribution in [0.15, 0.2) is 127 Å². The summed E-state index contributed by atoms with van der Waals surface area (Å²) in [5.41, 5.74) is 3.47. The van der Waals surface area contributed by atoms with Crippen molar-refractivity contribution in [3.8, 4) is 22.6 Å². The molecule has 0 spiro atoms. The number of nitro benzene ring substituents is 1. The maximum absolute atomic E-state index is 12.2. The van der Waals surface area contributed by atoms with Crippen molar-refractivity contribution in [2.75, 3.05) is 20.8 Å². The van der Waals surface area contributed by atoms with E-state index in [1.807, 2.05) is 115 Å². The van der Waals surface area contributed by atoms with Crippen molar-refractivity contribution in [2.24, 2.45) is 0 Å². The maximum Gasteiger partial charge on any atom is 0.275 e. The molecule has 1 heterocycles. The Kier molecular flexibility index (Phi) is 9.12. The summed E-state index contributed by atoms with van der Waals surface area (Å²) in [6.45, 7) is 0.0144. The lowest BCUT2D eigenvalue weighted by atomic mass is 9.80. The second kappa shape index (κ2) is 13.5. The van der Waals surface area contributed by atoms with E-state index in [0.717, 1.165) is 27.8 Å². The predicted octanol–water partition coefficient (Wildman–Crippen LogP) is 7.48. The molecule has 0 aromatic heterocycles. The van der Waals surface area contributed by atoms with Crippen molar-refractivity contribution in [2.45, 2.75) is 30.3 Å². The third kappa shape index (κ3) is 6.10. The van der Waals surface area contributed by atoms with Gasteiger partial charge in [0.05, 0.1) is 43.5 Å². The van der Waals surface area contributed by atoms with Crippen LogP contribution in [-0.2, 0) is 15.1 Å². The van der Waals surface area contributed by atoms with E-state index in [-0.39, 0.29) is 18.7 Å². The minimum atomic E-state index is -1.09. The topological polar surface area (TPSA) is 100 Å². The minimum Gasteiger partial charge on any atom is -0.497 e. The SMILES string of the molecule is COc1ccc(C(OC[C@H]2O[C@@H](c3ccc(-c4ccccc4)cc3[N+](=O)[O-])C[C@@H]2O)(c2ccccc2)c2ccc(OC)cc2)cc1. The van der Waals surface area contributed by atoms with E-state index in [0.29, 0.717) is 17.1 Å². The van der Waals surface area contributed by atoms with Gasteiger partial charge in [0.1, 0.15) is 23.2 Å². The van der Waals surface area contributed by atoms with Crippen LogP contribution in [0.5, 0.6) is 11.5 Å². The molecular weight excluding hydrogens is 582 g/mol. The lowest BCUT2D eigenvalue weighted by molar-refractivity contribution is -0.386. The average Bonchev–Trinajstić information content (AvgIpc) is 3.49. The number of ether oxygens (including phenoxy) is 4. The molecule has 1 saturated heterocycles. The van der Waals surface area contributed by atoms with Crippen LogP contribution in [-0.4, -0.2) is 43.1 Å². The normalized spacial score (nSPS) is 17.8. The van der Waals surface area contributed by atoms with Gasteiger partial charge in [-0.15, -0.1) is 0 Å². The summed E-state index contributed by atoms with van der Waals surface area (Å²) < 4.78 is 24.1. The zero-order valence-electron chi connectivity index (χ0n) is 25.6. The Morgan fingerprint density at radius 3 is 1.85 bits per heavy atom. The van der Waals surface area contributed by atoms with Gasteiger partial charge in [-0.25, -0.2) is 0 Å². The van der Waals surface area contributed by atoms with Crippen LogP contribution < -0.4 is 9.47 Å². The number of aliphatic hydroxyl groups is 1. The molecule has 0 bridgehead atoms. The Morgan fingerprint density at radius 2 is 1.30 bits per heavy atom. The van der Waals surface area contributed by atoms with Gasteiger partial charge in [0, 0.05) is 12.5 Å². The third-order valence-electron chi connectivity index (χ3n) is 8.54. The number of nitrogens with zero attached hydrogens (tertiary/aromatic N) is 1. The van der Waals surface area contributed by atoms with Gasteiger partial charge < -0.3 is 24.1 Å². The number of rotatable bonds is 11. The van der Waals surface area contributed by atoms with Gasteiger partial charge in [-0.3, -0.25) is 10.1 Å². The molecule has 1 fully saturated rings. The first-order chi connectivity index (χ1) is 22.4. The van der Waals surface area contributed by atoms with Crippen molar-refractivity contribution in [3.05, 3.63) is 160 Å². The van der Waals surface area contributed by atoms with Crippen LogP contribution in [0.4, 0.5) is 5.69 Å². The monoisotopic (exact) mass is 617 g/mol. The van der Waals surface area contributed by atoms with Crippen molar-refractivity contribution < 1.29 is 29.0 Å². The molecular formula is C38H35NO7. The number of nitro groups is 1. The van der Waals surface area contributed by atoms with E-state index >= 15 is 0 Å². The number of hydrogen-bond acceptors (Lipinski definition) is 7. The second-order valence-corrected chi connectivity index (χ2v) is 11.2. The van der Waals surface area contributed by atoms with Gasteiger partial charge in [-0.2, -0.15) is 0 Å². The second-order valence-electron chi connectivity index (χ2n) is 11.2. The summed E-state index contributed by atoms with van der Waals surface area (Å²) in [5.74, 6) is 1.41. The van der Waals surface area contributed by atoms with Gasteiger partial charge in [-0.1, -0.05) is 91.0 Å². The molecule has 0 unspecified atom stereocenters. The molecule has 8 heteroatoms. The van der Waals surface area contributed by atoms with Crippen LogP contribution in [0.3, 0.4) is 0 Å². The van der Waals surface area contributed by atoms with Crippen LogP contribution >= 0.6 is 0 Å². The number of hydrogen-bond donors (Lipinski definition) is 1. The molecule has 0 amide bonds. The standard InChI is InChI=1S/C38H35NO7/c1-43-31-18-14-29(15-19-31)38(28-11-7-4-8-12-28,30-16-20-32(44-2)21-17-30)45-25-37-35(40)24-36(46-37)33-22-13-27(23-34(33)39(41)42)26-9-5-3-6-10-26/h3-23,35-37,40H,24-25H2,1-2H3/t35-,36+,37+/m0/s1. The molecule has 8 nitrogen and oxygen atoms in total. The highest BCUT2D eigenvalue weighted by atomic mass is 16.6. The van der Waals surface area contributed by atoms with E-state index in [2.05, 4.69) is 0 Å². The fourth-order valence-electron chi connectivity index (χ4n) is 6.14. The Bertz CT molecular complexity index is 1710. The Hall–Kier alpha value is -5.02. The molecule has 1 N–H and O–H groups in total. The molecule has 5 aromatic rings. The van der Waals surface area contributed by atoms with Gasteiger partial charge in [0.2, 0.25) is 0 Å². The van der Waals surface area contributed by atoms with Crippen molar-refractivity contribution >= 4 is 5.69 Å². The Morgan fingerprint density at radius 1 is 0.761 bits per heavy atom. The van der Waals surface area contributed by atoms with Gasteiger partial charge in [0.15, 0.2) is 0 Å². The van der Waals surface area contributed by atoms with E-state index in [4.69, 9.17) is 18.9 Å². The number of methoxy groups -OCH3 is 2. The lowest BCUT2D eigenvalue weighted by Crippen LogP contribution is -2.38. The number of benzene rings is 5. The summed E-state index contributed by atoms with van der Waals surface area (Å²) in [4.78, 5) is 11.8. The van der Waals surface area contributed by atoms with E-state index in [1.165, 1.54) is 0 Å². The summed E-state index contributed by atoms with van der Waals surface area (Å²) in [7, 11) is 3.24. The molecule has 0 aliphatic carbocycles. The van der Waals surface area contributed by atoms with Crippen LogP contribution in [0.25, 0.3) is 11.1 Å². The highest BCUT2D eigenvalue weighted by Gasteiger charge is 2.43. The first-order valence-corrected chi connectivity index (χ1v) is 15.1. The first kappa shape index (κ1) is 31.0. The third-order valence-corrected chi connectivity index (χ3v) is 8.54. The molecule has 1 aliphatic heterocycles. The van der Waals surface area contributed by atoms with Gasteiger partial charge >= 0.3 is 0 Å². The number of aliphatic hydroxyl groups excluding tert-OH is 1. The molecule has 6 rings (SSSR count). The Balaban J connectivity index is 1.34. The fourth-order valence-corrected chi connectivity index (χ4v) is 6.14. The molecule has 1 aliphatic rings. The van der Waals surface area contributed by atoms with Crippen molar-refractivity contribution in [1.29, 1.82) is 0 Å². The predicted molar refractivity (Wildman–Crippen MR) is 175 cm³/mol.